The molecule has 5 nitrogen and oxygen atoms in total. The number of fused-ring (bicyclic) bond motifs is 1. The zero-order valence-electron chi connectivity index (χ0n) is 18.1. The molecule has 6 heteroatoms. The largest absolute Gasteiger partial charge is 0.388 e. The van der Waals surface area contributed by atoms with Gasteiger partial charge in [-0.05, 0) is 42.8 Å². The van der Waals surface area contributed by atoms with E-state index in [0.29, 0.717) is 34.8 Å². The van der Waals surface area contributed by atoms with Gasteiger partial charge >= 0.3 is 0 Å². The van der Waals surface area contributed by atoms with Gasteiger partial charge in [0.25, 0.3) is 0 Å². The number of pyridine rings is 1. The molecular weight excluding hydrogens is 401 g/mol. The van der Waals surface area contributed by atoms with Crippen LogP contribution in [0, 0.1) is 5.82 Å². The SMILES string of the molecule is C=C(NC)c1ccc(C2=NN(/C(=C\C)Cc3ccc4ncccc4c3)C(=C)N=C2)cc1F. The molecule has 2 heterocycles. The van der Waals surface area contributed by atoms with Crippen LogP contribution >= 0.6 is 0 Å². The summed E-state index contributed by atoms with van der Waals surface area (Å²) in [5, 5.41) is 10.4. The van der Waals surface area contributed by atoms with Crippen LogP contribution in [0.2, 0.25) is 0 Å². The van der Waals surface area contributed by atoms with Gasteiger partial charge in [-0.25, -0.2) is 14.4 Å². The second kappa shape index (κ2) is 8.98. The third-order valence-electron chi connectivity index (χ3n) is 5.34. The van der Waals surface area contributed by atoms with Gasteiger partial charge in [0.2, 0.25) is 0 Å². The Morgan fingerprint density at radius 2 is 2.03 bits per heavy atom. The summed E-state index contributed by atoms with van der Waals surface area (Å²) in [6.07, 6.45) is 6.02. The molecule has 0 bridgehead atoms. The molecule has 0 saturated carbocycles. The van der Waals surface area contributed by atoms with Crippen LogP contribution in [0.25, 0.3) is 16.6 Å². The van der Waals surface area contributed by atoms with Gasteiger partial charge in [-0.2, -0.15) is 5.10 Å². The predicted molar refractivity (Wildman–Crippen MR) is 130 cm³/mol. The maximum absolute atomic E-state index is 14.6. The molecular formula is C26H24FN5. The standard InChI is InChI=1S/C26H24FN5/c1-5-22(14-19-8-11-25-20(13-19)7-6-12-29-25)32-18(3)30-16-26(31-32)21-9-10-23(17(2)28-4)24(27)15-21/h5-13,15-16,28H,2-3,14H2,1,4H3/b22-5-. The fourth-order valence-electron chi connectivity index (χ4n) is 3.54. The minimum Gasteiger partial charge on any atom is -0.388 e. The van der Waals surface area contributed by atoms with Crippen molar-refractivity contribution in [2.75, 3.05) is 7.05 Å². The van der Waals surface area contributed by atoms with Gasteiger partial charge in [0.05, 0.1) is 11.7 Å². The minimum atomic E-state index is -0.370. The van der Waals surface area contributed by atoms with Crippen molar-refractivity contribution in [3.8, 4) is 0 Å². The summed E-state index contributed by atoms with van der Waals surface area (Å²) >= 11 is 0. The number of rotatable bonds is 6. The van der Waals surface area contributed by atoms with Gasteiger partial charge in [0, 0.05) is 47.6 Å². The number of allylic oxidation sites excluding steroid dienone is 2. The van der Waals surface area contributed by atoms with Crippen LogP contribution in [0.5, 0.6) is 0 Å². The van der Waals surface area contributed by atoms with Crippen LogP contribution in [0.15, 0.2) is 95.6 Å². The zero-order valence-corrected chi connectivity index (χ0v) is 18.1. The quantitative estimate of drug-likeness (QED) is 0.585. The van der Waals surface area contributed by atoms with E-state index >= 15 is 0 Å². The highest BCUT2D eigenvalue weighted by Crippen LogP contribution is 2.24. The fraction of sp³-hybridized carbons (Fsp3) is 0.115. The van der Waals surface area contributed by atoms with Crippen molar-refractivity contribution in [1.29, 1.82) is 0 Å². The average Bonchev–Trinajstić information content (AvgIpc) is 2.82. The van der Waals surface area contributed by atoms with Gasteiger partial charge in [-0.3, -0.25) is 4.98 Å². The number of hydrazone groups is 1. The Morgan fingerprint density at radius 1 is 1.19 bits per heavy atom. The number of benzene rings is 2. The first kappa shape index (κ1) is 21.2. The summed E-state index contributed by atoms with van der Waals surface area (Å²) in [6, 6.07) is 15.1. The average molecular weight is 426 g/mol. The summed E-state index contributed by atoms with van der Waals surface area (Å²) < 4.78 is 14.6. The molecule has 0 spiro atoms. The van der Waals surface area contributed by atoms with Crippen molar-refractivity contribution >= 4 is 28.5 Å². The molecule has 1 aromatic heterocycles. The molecule has 1 aliphatic heterocycles. The lowest BCUT2D eigenvalue weighted by atomic mass is 10.0. The molecule has 0 saturated heterocycles. The van der Waals surface area contributed by atoms with Gasteiger partial charge in [-0.1, -0.05) is 37.4 Å². The first-order valence-electron chi connectivity index (χ1n) is 10.3. The molecule has 160 valence electrons. The molecule has 2 aromatic carbocycles. The van der Waals surface area contributed by atoms with Crippen LogP contribution in [0.3, 0.4) is 0 Å². The lowest BCUT2D eigenvalue weighted by molar-refractivity contribution is 0.438. The van der Waals surface area contributed by atoms with Crippen molar-refractivity contribution in [2.45, 2.75) is 13.3 Å². The predicted octanol–water partition coefficient (Wildman–Crippen LogP) is 5.27. The lowest BCUT2D eigenvalue weighted by Crippen LogP contribution is -2.24. The minimum absolute atomic E-state index is 0.370. The van der Waals surface area contributed by atoms with Gasteiger partial charge < -0.3 is 5.32 Å². The van der Waals surface area contributed by atoms with Crippen LogP contribution in [-0.4, -0.2) is 29.0 Å². The van der Waals surface area contributed by atoms with Crippen LogP contribution in [0.1, 0.15) is 23.6 Å². The van der Waals surface area contributed by atoms with Gasteiger partial charge in [0.15, 0.2) is 0 Å². The smallest absolute Gasteiger partial charge is 0.146 e. The van der Waals surface area contributed by atoms with Gasteiger partial charge in [0.1, 0.15) is 17.3 Å². The van der Waals surface area contributed by atoms with E-state index in [4.69, 9.17) is 5.10 Å². The van der Waals surface area contributed by atoms with E-state index in [1.165, 1.54) is 6.07 Å². The molecule has 1 N–H and O–H groups in total. The zero-order chi connectivity index (χ0) is 22.7. The molecule has 0 radical (unpaired) electrons. The van der Waals surface area contributed by atoms with E-state index in [2.05, 4.69) is 40.6 Å². The molecule has 0 amide bonds. The van der Waals surface area contributed by atoms with E-state index < -0.39 is 0 Å². The van der Waals surface area contributed by atoms with Crippen molar-refractivity contribution in [3.63, 3.8) is 0 Å². The highest BCUT2D eigenvalue weighted by atomic mass is 19.1. The van der Waals surface area contributed by atoms with Crippen molar-refractivity contribution in [2.24, 2.45) is 10.1 Å². The topological polar surface area (TPSA) is 52.9 Å². The number of aromatic nitrogens is 1. The maximum atomic E-state index is 14.6. The summed E-state index contributed by atoms with van der Waals surface area (Å²) in [6.45, 7) is 9.80. The molecule has 1 aliphatic rings. The Hall–Kier alpha value is -4.06. The fourth-order valence-corrected chi connectivity index (χ4v) is 3.54. The van der Waals surface area contributed by atoms with E-state index in [9.17, 15) is 4.39 Å². The highest BCUT2D eigenvalue weighted by molar-refractivity contribution is 6.38. The van der Waals surface area contributed by atoms with Crippen LogP contribution < -0.4 is 5.32 Å². The van der Waals surface area contributed by atoms with Crippen LogP contribution in [-0.2, 0) is 6.42 Å². The number of hydrogen-bond donors (Lipinski definition) is 1. The molecule has 0 atom stereocenters. The number of nitrogens with zero attached hydrogens (tertiary/aromatic N) is 4. The Labute approximate surface area is 187 Å². The molecule has 0 fully saturated rings. The first-order chi connectivity index (χ1) is 15.5. The third-order valence-corrected chi connectivity index (χ3v) is 5.34. The number of halogens is 1. The molecule has 32 heavy (non-hydrogen) atoms. The third kappa shape index (κ3) is 4.21. The Kier molecular flexibility index (Phi) is 5.94. The van der Waals surface area contributed by atoms with Crippen molar-refractivity contribution < 1.29 is 4.39 Å². The van der Waals surface area contributed by atoms with E-state index in [1.807, 2.05) is 37.3 Å². The summed E-state index contributed by atoms with van der Waals surface area (Å²) in [7, 11) is 1.71. The lowest BCUT2D eigenvalue weighted by Gasteiger charge is -2.25. The van der Waals surface area contributed by atoms with E-state index in [-0.39, 0.29) is 5.82 Å². The molecule has 3 aromatic rings. The normalized spacial score (nSPS) is 14.0. The number of nitrogens with one attached hydrogen (secondary N) is 1. The maximum Gasteiger partial charge on any atom is 0.146 e. The number of aliphatic imine (C=N–C) groups is 1. The first-order valence-corrected chi connectivity index (χ1v) is 10.3. The Balaban J connectivity index is 1.62. The summed E-state index contributed by atoms with van der Waals surface area (Å²) in [5.74, 6) is 0.134. The number of hydrogen-bond acceptors (Lipinski definition) is 5. The highest BCUT2D eigenvalue weighted by Gasteiger charge is 2.19. The Morgan fingerprint density at radius 3 is 2.78 bits per heavy atom. The second-order valence-electron chi connectivity index (χ2n) is 7.38. The molecule has 0 aliphatic carbocycles. The second-order valence-corrected chi connectivity index (χ2v) is 7.38. The monoisotopic (exact) mass is 425 g/mol. The molecule has 4 rings (SSSR count). The Bertz CT molecular complexity index is 1300. The van der Waals surface area contributed by atoms with Crippen LogP contribution in [0.4, 0.5) is 4.39 Å². The van der Waals surface area contributed by atoms with Gasteiger partial charge in [-0.15, -0.1) is 0 Å². The van der Waals surface area contributed by atoms with E-state index in [1.54, 1.807) is 30.5 Å². The van der Waals surface area contributed by atoms with Crippen molar-refractivity contribution in [3.05, 3.63) is 108 Å². The van der Waals surface area contributed by atoms with E-state index in [0.717, 1.165) is 22.2 Å². The molecule has 0 unspecified atom stereocenters. The summed E-state index contributed by atoms with van der Waals surface area (Å²) in [5.41, 5.74) is 5.13. The van der Waals surface area contributed by atoms with Crippen molar-refractivity contribution in [1.82, 2.24) is 15.3 Å². The summed E-state index contributed by atoms with van der Waals surface area (Å²) in [4.78, 5) is 8.78.